The van der Waals surface area contributed by atoms with Crippen LogP contribution in [0.15, 0.2) is 60.8 Å². The predicted octanol–water partition coefficient (Wildman–Crippen LogP) is 5.14. The molecule has 0 fully saturated rings. The first kappa shape index (κ1) is 24.4. The number of carboxylic acids is 1. The summed E-state index contributed by atoms with van der Waals surface area (Å²) in [6, 6.07) is 12.5. The van der Waals surface area contributed by atoms with Crippen molar-refractivity contribution < 1.29 is 44.9 Å². The molecule has 8 heteroatoms. The molecule has 146 valence electrons. The van der Waals surface area contributed by atoms with Crippen LogP contribution in [-0.2, 0) is 21.1 Å². The van der Waals surface area contributed by atoms with Gasteiger partial charge in [0.05, 0.1) is 0 Å². The maximum Gasteiger partial charge on any atom is 0.339 e. The van der Waals surface area contributed by atoms with Crippen molar-refractivity contribution in [3.8, 4) is 16.9 Å². The maximum atomic E-state index is 13.5. The Morgan fingerprint density at radius 3 is 2.22 bits per heavy atom. The fourth-order valence-corrected chi connectivity index (χ4v) is 2.05. The second-order valence-electron chi connectivity index (χ2n) is 5.13. The van der Waals surface area contributed by atoms with Crippen LogP contribution in [0.3, 0.4) is 0 Å². The molecule has 3 rings (SSSR count). The van der Waals surface area contributed by atoms with Crippen LogP contribution in [0.2, 0.25) is 0 Å². The first-order valence-electron chi connectivity index (χ1n) is 7.28. The van der Waals surface area contributed by atoms with E-state index in [-0.39, 0.29) is 43.9 Å². The van der Waals surface area contributed by atoms with Crippen molar-refractivity contribution in [2.24, 2.45) is 0 Å². The van der Waals surface area contributed by atoms with Gasteiger partial charge in [0.25, 0.3) is 0 Å². The molecule has 0 aliphatic rings. The van der Waals surface area contributed by atoms with Crippen LogP contribution in [0.4, 0.5) is 8.78 Å². The molecule has 0 unspecified atom stereocenters. The molecule has 4 N–H and O–H groups in total. The van der Waals surface area contributed by atoms with Gasteiger partial charge < -0.3 is 16.4 Å². The number of aromatic carboxylic acids is 1. The van der Waals surface area contributed by atoms with Gasteiger partial charge in [0, 0.05) is 44.6 Å². The fraction of sp³-hybridized carbons (Fsp3) is 0.0526. The number of phenols is 1. The van der Waals surface area contributed by atoms with Gasteiger partial charge in [-0.1, -0.05) is 12.1 Å². The number of aryl methyl sites for hydroxylation is 1. The van der Waals surface area contributed by atoms with Crippen LogP contribution in [0, 0.1) is 18.6 Å². The van der Waals surface area contributed by atoms with Gasteiger partial charge in [-0.3, -0.25) is 4.98 Å². The molecule has 0 amide bonds. The third kappa shape index (κ3) is 6.88. The first-order valence-corrected chi connectivity index (χ1v) is 7.28. The Morgan fingerprint density at radius 1 is 1.04 bits per heavy atom. The number of halogens is 2. The van der Waals surface area contributed by atoms with E-state index < -0.39 is 23.4 Å². The summed E-state index contributed by atoms with van der Waals surface area (Å²) < 4.78 is 26.3. The Bertz CT molecular complexity index is 893. The second-order valence-corrected chi connectivity index (χ2v) is 5.13. The van der Waals surface area contributed by atoms with Crippen molar-refractivity contribution in [3.63, 3.8) is 0 Å². The van der Waals surface area contributed by atoms with Gasteiger partial charge in [0.2, 0.25) is 0 Å². The van der Waals surface area contributed by atoms with E-state index in [0.717, 1.165) is 23.9 Å². The zero-order chi connectivity index (χ0) is 18.4. The number of pyridine rings is 1. The van der Waals surface area contributed by atoms with Crippen LogP contribution in [-0.4, -0.2) is 21.2 Å². The minimum atomic E-state index is -1.32. The fourth-order valence-electron chi connectivity index (χ4n) is 2.05. The molecule has 0 saturated carbocycles. The SMILES string of the molecule is Cc1ccccn1.O=C(O)c1cc(-c2ccc(F)cc2F)ccc1O.[NH2-].[Pt]. The summed E-state index contributed by atoms with van der Waals surface area (Å²) in [5, 5.41) is 18.2. The van der Waals surface area contributed by atoms with E-state index in [4.69, 9.17) is 5.11 Å². The van der Waals surface area contributed by atoms with Crippen LogP contribution >= 0.6 is 0 Å². The summed E-state index contributed by atoms with van der Waals surface area (Å²) in [6.07, 6.45) is 1.79. The predicted molar refractivity (Wildman–Crippen MR) is 94.7 cm³/mol. The van der Waals surface area contributed by atoms with Crippen molar-refractivity contribution >= 4 is 5.97 Å². The summed E-state index contributed by atoms with van der Waals surface area (Å²) in [5.74, 6) is -3.24. The van der Waals surface area contributed by atoms with Gasteiger partial charge in [0.1, 0.15) is 22.9 Å². The molecule has 0 bridgehead atoms. The Morgan fingerprint density at radius 2 is 1.74 bits per heavy atom. The van der Waals surface area contributed by atoms with Crippen LogP contribution in [0.5, 0.6) is 5.75 Å². The Labute approximate surface area is 169 Å². The van der Waals surface area contributed by atoms with Gasteiger partial charge in [0.15, 0.2) is 0 Å². The molecule has 0 saturated heterocycles. The second kappa shape index (κ2) is 11.2. The third-order valence-electron chi connectivity index (χ3n) is 3.28. The van der Waals surface area contributed by atoms with E-state index in [9.17, 15) is 18.7 Å². The van der Waals surface area contributed by atoms with Gasteiger partial charge in [-0.05, 0) is 48.9 Å². The maximum absolute atomic E-state index is 13.5. The number of nitrogens with two attached hydrogens (primary N) is 1. The largest absolute Gasteiger partial charge is 0.693 e. The molecule has 3 aromatic rings. The zero-order valence-electron chi connectivity index (χ0n) is 14.2. The smallest absolute Gasteiger partial charge is 0.339 e. The number of aromatic nitrogens is 1. The van der Waals surface area contributed by atoms with Gasteiger partial charge in [-0.2, -0.15) is 0 Å². The zero-order valence-corrected chi connectivity index (χ0v) is 16.4. The molecule has 1 heterocycles. The molecule has 2 aromatic carbocycles. The molecular weight excluding hydrogens is 537 g/mol. The minimum absolute atomic E-state index is 0. The van der Waals surface area contributed by atoms with Gasteiger partial charge in [-0.15, -0.1) is 0 Å². The number of aromatic hydroxyl groups is 1. The molecule has 0 radical (unpaired) electrons. The molecule has 0 aliphatic carbocycles. The van der Waals surface area contributed by atoms with Crippen molar-refractivity contribution in [2.75, 3.05) is 0 Å². The summed E-state index contributed by atoms with van der Waals surface area (Å²) in [6.45, 7) is 1.97. The van der Waals surface area contributed by atoms with E-state index in [0.29, 0.717) is 6.07 Å². The molecule has 5 nitrogen and oxygen atoms in total. The Balaban J connectivity index is 0.000000640. The quantitative estimate of drug-likeness (QED) is 0.458. The number of nitrogens with zero attached hydrogens (tertiary/aromatic N) is 1. The third-order valence-corrected chi connectivity index (χ3v) is 3.28. The molecule has 27 heavy (non-hydrogen) atoms. The van der Waals surface area contributed by atoms with Crippen molar-refractivity contribution in [1.29, 1.82) is 0 Å². The van der Waals surface area contributed by atoms with Crippen LogP contribution in [0.1, 0.15) is 16.1 Å². The van der Waals surface area contributed by atoms with Crippen molar-refractivity contribution in [2.45, 2.75) is 6.92 Å². The number of hydrogen-bond donors (Lipinski definition) is 2. The van der Waals surface area contributed by atoms with E-state index in [2.05, 4.69) is 4.98 Å². The summed E-state index contributed by atoms with van der Waals surface area (Å²) in [4.78, 5) is 14.8. The minimum Gasteiger partial charge on any atom is -0.693 e. The summed E-state index contributed by atoms with van der Waals surface area (Å²) >= 11 is 0. The van der Waals surface area contributed by atoms with Crippen molar-refractivity contribution in [3.05, 3.63) is 89.8 Å². The van der Waals surface area contributed by atoms with Crippen LogP contribution < -0.4 is 0 Å². The molecule has 0 spiro atoms. The molecule has 0 aliphatic heterocycles. The van der Waals surface area contributed by atoms with Crippen LogP contribution in [0.25, 0.3) is 17.3 Å². The van der Waals surface area contributed by atoms with E-state index in [1.165, 1.54) is 12.1 Å². The van der Waals surface area contributed by atoms with Gasteiger partial charge in [-0.25, -0.2) is 13.6 Å². The van der Waals surface area contributed by atoms with Crippen molar-refractivity contribution in [1.82, 2.24) is 4.98 Å². The number of benzene rings is 2. The average Bonchev–Trinajstić information content (AvgIpc) is 2.57. The number of carboxylic acid groups (broad SMARTS) is 1. The van der Waals surface area contributed by atoms with E-state index in [1.54, 1.807) is 6.20 Å². The number of hydrogen-bond acceptors (Lipinski definition) is 3. The van der Waals surface area contributed by atoms with Gasteiger partial charge >= 0.3 is 5.97 Å². The Kier molecular flexibility index (Phi) is 10.1. The molecular formula is C19H17F2N2O3Pt-. The average molecular weight is 554 g/mol. The standard InChI is InChI=1S/C13H8F2O3.C6H7N.H2N.Pt/c14-8-2-3-9(11(15)6-8)7-1-4-12(16)10(5-7)13(17)18;1-6-4-2-3-5-7-6;;/h1-6,16H,(H,17,18);2-5H,1H3;1H2;/q;;-1;. The summed E-state index contributed by atoms with van der Waals surface area (Å²) in [5.41, 5.74) is 1.06. The normalized spacial score (nSPS) is 9.15. The topological polar surface area (TPSA) is 104 Å². The number of rotatable bonds is 2. The van der Waals surface area contributed by atoms with E-state index in [1.807, 2.05) is 25.1 Å². The van der Waals surface area contributed by atoms with E-state index >= 15 is 0 Å². The number of carbonyl (C=O) groups is 1. The molecule has 1 aromatic heterocycles. The summed E-state index contributed by atoms with van der Waals surface area (Å²) in [7, 11) is 0. The molecule has 0 atom stereocenters. The Hall–Kier alpha value is -2.63. The monoisotopic (exact) mass is 554 g/mol. The first-order chi connectivity index (χ1) is 11.9.